The first-order valence-electron chi connectivity index (χ1n) is 11.6. The zero-order valence-corrected chi connectivity index (χ0v) is 20.2. The fourth-order valence-electron chi connectivity index (χ4n) is 5.68. The van der Waals surface area contributed by atoms with E-state index in [1.54, 1.807) is 28.4 Å². The van der Waals surface area contributed by atoms with E-state index in [9.17, 15) is 0 Å². The first kappa shape index (κ1) is 20.9. The van der Waals surface area contributed by atoms with Gasteiger partial charge in [-0.05, 0) is 59.5 Å². The average Bonchev–Trinajstić information content (AvgIpc) is 2.93. The maximum atomic E-state index is 6.55. The number of ether oxygens (including phenoxy) is 6. The highest BCUT2D eigenvalue weighted by molar-refractivity contribution is 7.00. The van der Waals surface area contributed by atoms with Crippen molar-refractivity contribution >= 4 is 40.2 Å². The van der Waals surface area contributed by atoms with Crippen molar-refractivity contribution in [3.63, 3.8) is 0 Å². The molecule has 0 unspecified atom stereocenters. The summed E-state index contributed by atoms with van der Waals surface area (Å²) in [6.45, 7) is -0.127. The Hall–Kier alpha value is -4.46. The van der Waals surface area contributed by atoms with E-state index in [2.05, 4.69) is 29.2 Å². The highest BCUT2D eigenvalue weighted by Gasteiger charge is 2.50. The molecule has 0 bridgehead atoms. The summed E-state index contributed by atoms with van der Waals surface area (Å²) in [5, 5.41) is 0. The molecule has 8 heteroatoms. The third kappa shape index (κ3) is 2.53. The maximum absolute atomic E-state index is 6.55. The van der Waals surface area contributed by atoms with Crippen molar-refractivity contribution < 1.29 is 28.4 Å². The summed E-state index contributed by atoms with van der Waals surface area (Å²) in [5.41, 5.74) is 6.11. The van der Waals surface area contributed by atoms with E-state index < -0.39 is 0 Å². The van der Waals surface area contributed by atoms with E-state index in [1.807, 2.05) is 36.4 Å². The molecule has 3 aliphatic heterocycles. The molecule has 7 rings (SSSR count). The van der Waals surface area contributed by atoms with E-state index in [-0.39, 0.29) is 6.71 Å². The second kappa shape index (κ2) is 7.52. The average molecular weight is 479 g/mol. The van der Waals surface area contributed by atoms with E-state index in [4.69, 9.17) is 28.4 Å². The van der Waals surface area contributed by atoms with Crippen molar-refractivity contribution in [2.75, 3.05) is 33.3 Å². The number of anilines is 3. The molecule has 0 amide bonds. The number of methoxy groups -OCH3 is 4. The minimum Gasteiger partial charge on any atom is -0.497 e. The van der Waals surface area contributed by atoms with Gasteiger partial charge in [0.1, 0.15) is 17.2 Å². The Balaban J connectivity index is 1.57. The van der Waals surface area contributed by atoms with Crippen molar-refractivity contribution in [1.82, 2.24) is 0 Å². The summed E-state index contributed by atoms with van der Waals surface area (Å²) in [7, 11) is 6.45. The summed E-state index contributed by atoms with van der Waals surface area (Å²) in [5.74, 6) is 4.89. The van der Waals surface area contributed by atoms with Crippen LogP contribution in [0.2, 0.25) is 0 Å². The third-order valence-corrected chi connectivity index (χ3v) is 7.12. The SMILES string of the molecule is COc1ccc(N2c3cccc4c3B3c5c(cccc52)Oc2c(OC)c(OC)c(OC)c(c23)O4)cc1. The second-order valence-electron chi connectivity index (χ2n) is 8.72. The first-order chi connectivity index (χ1) is 17.7. The highest BCUT2D eigenvalue weighted by atomic mass is 16.6. The van der Waals surface area contributed by atoms with Gasteiger partial charge in [-0.1, -0.05) is 12.1 Å². The Morgan fingerprint density at radius 3 is 1.58 bits per heavy atom. The molecule has 3 aliphatic rings. The van der Waals surface area contributed by atoms with Gasteiger partial charge in [-0.25, -0.2) is 0 Å². The van der Waals surface area contributed by atoms with Gasteiger partial charge >= 0.3 is 0 Å². The van der Waals surface area contributed by atoms with Crippen LogP contribution in [0.15, 0.2) is 60.7 Å². The molecule has 0 radical (unpaired) electrons. The van der Waals surface area contributed by atoms with Gasteiger partial charge in [0.05, 0.1) is 28.4 Å². The van der Waals surface area contributed by atoms with Crippen molar-refractivity contribution in [2.24, 2.45) is 0 Å². The minimum absolute atomic E-state index is 0.127. The monoisotopic (exact) mass is 479 g/mol. The zero-order chi connectivity index (χ0) is 24.6. The number of hydrogen-bond acceptors (Lipinski definition) is 7. The molecule has 0 aromatic heterocycles. The summed E-state index contributed by atoms with van der Waals surface area (Å²) >= 11 is 0. The van der Waals surface area contributed by atoms with Gasteiger partial charge in [0.25, 0.3) is 6.71 Å². The van der Waals surface area contributed by atoms with Gasteiger partial charge in [0.15, 0.2) is 11.5 Å². The molecule has 0 fully saturated rings. The van der Waals surface area contributed by atoms with Crippen LogP contribution in [-0.2, 0) is 0 Å². The molecular formula is C28H22BNO6. The van der Waals surface area contributed by atoms with Crippen LogP contribution in [0, 0.1) is 0 Å². The summed E-state index contributed by atoms with van der Waals surface area (Å²) in [6, 6.07) is 20.3. The molecule has 0 spiro atoms. The molecule has 0 saturated heterocycles. The van der Waals surface area contributed by atoms with Crippen LogP contribution in [0.5, 0.6) is 46.0 Å². The molecule has 0 aliphatic carbocycles. The standard InChI is InChI=1S/C28H22BNO6/c1-31-16-13-11-15(12-14-16)30-17-7-5-9-19-21(17)29-22-18(30)8-6-10-20(22)36-25-23(29)24(35-19)26(32-2)28(34-4)27(25)33-3/h5-14H,1-4H3. The lowest BCUT2D eigenvalue weighted by atomic mass is 9.33. The summed E-state index contributed by atoms with van der Waals surface area (Å²) in [4.78, 5) is 2.24. The number of rotatable bonds is 5. The molecule has 36 heavy (non-hydrogen) atoms. The Labute approximate surface area is 208 Å². The third-order valence-electron chi connectivity index (χ3n) is 7.12. The first-order valence-corrected chi connectivity index (χ1v) is 11.6. The highest BCUT2D eigenvalue weighted by Crippen LogP contribution is 2.55. The van der Waals surface area contributed by atoms with Crippen LogP contribution in [0.25, 0.3) is 0 Å². The van der Waals surface area contributed by atoms with Gasteiger partial charge in [-0.15, -0.1) is 0 Å². The van der Waals surface area contributed by atoms with Crippen molar-refractivity contribution in [3.05, 3.63) is 60.7 Å². The molecule has 4 aromatic rings. The molecule has 3 heterocycles. The largest absolute Gasteiger partial charge is 0.497 e. The number of hydrogen-bond donors (Lipinski definition) is 0. The van der Waals surface area contributed by atoms with Gasteiger partial charge in [-0.3, -0.25) is 0 Å². The fraction of sp³-hybridized carbons (Fsp3) is 0.143. The normalized spacial score (nSPS) is 13.3. The van der Waals surface area contributed by atoms with Crippen LogP contribution in [-0.4, -0.2) is 35.2 Å². The maximum Gasteiger partial charge on any atom is 0.266 e. The molecule has 178 valence electrons. The van der Waals surface area contributed by atoms with E-state index in [1.165, 1.54) is 0 Å². The Morgan fingerprint density at radius 2 is 1.11 bits per heavy atom. The smallest absolute Gasteiger partial charge is 0.266 e. The predicted octanol–water partition coefficient (Wildman–Crippen LogP) is 4.23. The molecule has 4 aromatic carbocycles. The fourth-order valence-corrected chi connectivity index (χ4v) is 5.68. The van der Waals surface area contributed by atoms with Gasteiger partial charge in [0.2, 0.25) is 17.2 Å². The molecular weight excluding hydrogens is 457 g/mol. The Kier molecular flexibility index (Phi) is 4.36. The quantitative estimate of drug-likeness (QED) is 0.343. The van der Waals surface area contributed by atoms with Gasteiger partial charge < -0.3 is 33.3 Å². The van der Waals surface area contributed by atoms with E-state index in [0.717, 1.165) is 50.7 Å². The Morgan fingerprint density at radius 1 is 0.583 bits per heavy atom. The molecule has 0 saturated carbocycles. The van der Waals surface area contributed by atoms with Crippen molar-refractivity contribution in [1.29, 1.82) is 0 Å². The lowest BCUT2D eigenvalue weighted by Gasteiger charge is -2.43. The lowest BCUT2D eigenvalue weighted by molar-refractivity contribution is 0.303. The van der Waals surface area contributed by atoms with Crippen LogP contribution < -0.4 is 49.7 Å². The van der Waals surface area contributed by atoms with Gasteiger partial charge in [0, 0.05) is 22.5 Å². The zero-order valence-electron chi connectivity index (χ0n) is 20.2. The van der Waals surface area contributed by atoms with Crippen molar-refractivity contribution in [3.8, 4) is 46.0 Å². The Bertz CT molecular complexity index is 1460. The lowest BCUT2D eigenvalue weighted by Crippen LogP contribution is -2.61. The summed E-state index contributed by atoms with van der Waals surface area (Å²) in [6.07, 6.45) is 0. The van der Waals surface area contributed by atoms with E-state index >= 15 is 0 Å². The van der Waals surface area contributed by atoms with Gasteiger partial charge in [-0.2, -0.15) is 0 Å². The minimum atomic E-state index is -0.127. The topological polar surface area (TPSA) is 58.6 Å². The van der Waals surface area contributed by atoms with Crippen molar-refractivity contribution in [2.45, 2.75) is 0 Å². The van der Waals surface area contributed by atoms with Crippen LogP contribution in [0.1, 0.15) is 0 Å². The number of benzene rings is 4. The predicted molar refractivity (Wildman–Crippen MR) is 139 cm³/mol. The van der Waals surface area contributed by atoms with Crippen LogP contribution in [0.4, 0.5) is 17.1 Å². The van der Waals surface area contributed by atoms with E-state index in [0.29, 0.717) is 28.7 Å². The van der Waals surface area contributed by atoms with Crippen LogP contribution in [0.3, 0.4) is 0 Å². The number of nitrogens with zero attached hydrogens (tertiary/aromatic N) is 1. The van der Waals surface area contributed by atoms with Crippen LogP contribution >= 0.6 is 0 Å². The molecule has 7 nitrogen and oxygen atoms in total. The molecule has 0 atom stereocenters. The molecule has 0 N–H and O–H groups in total. The summed E-state index contributed by atoms with van der Waals surface area (Å²) < 4.78 is 35.8. The second-order valence-corrected chi connectivity index (χ2v) is 8.72.